The number of carboxylic acids is 1. The molecule has 1 rings (SSSR count). The third kappa shape index (κ3) is 1.99. The summed E-state index contributed by atoms with van der Waals surface area (Å²) in [5.41, 5.74) is 0.569. The van der Waals surface area contributed by atoms with E-state index >= 15 is 0 Å². The van der Waals surface area contributed by atoms with Gasteiger partial charge in [-0.2, -0.15) is 0 Å². The molecule has 0 amide bonds. The van der Waals surface area contributed by atoms with Gasteiger partial charge in [-0.1, -0.05) is 6.08 Å². The molecule has 3 heteroatoms. The minimum Gasteiger partial charge on any atom is -0.478 e. The van der Waals surface area contributed by atoms with E-state index in [2.05, 4.69) is 0 Å². The minimum atomic E-state index is -0.758. The number of rotatable bonds is 1. The van der Waals surface area contributed by atoms with Gasteiger partial charge in [0.05, 0.1) is 0 Å². The van der Waals surface area contributed by atoms with Crippen LogP contribution in [0.2, 0.25) is 0 Å². The van der Waals surface area contributed by atoms with Gasteiger partial charge < -0.3 is 5.11 Å². The Morgan fingerprint density at radius 1 is 1.75 bits per heavy atom. The first kappa shape index (κ1) is 8.85. The van der Waals surface area contributed by atoms with Crippen LogP contribution in [0.5, 0.6) is 0 Å². The molecule has 0 fully saturated rings. The van der Waals surface area contributed by atoms with E-state index < -0.39 is 5.97 Å². The van der Waals surface area contributed by atoms with Crippen molar-refractivity contribution in [1.82, 2.24) is 0 Å². The number of carboxylic acid groups (broad SMARTS) is 1. The number of hydrogen-bond donors (Lipinski definition) is 1. The van der Waals surface area contributed by atoms with Crippen LogP contribution in [0.3, 0.4) is 0 Å². The van der Waals surface area contributed by atoms with E-state index in [0.717, 1.165) is 12.8 Å². The van der Waals surface area contributed by atoms with Gasteiger partial charge >= 0.3 is 5.97 Å². The Balaban J connectivity index is 0.000000490. The molecule has 0 saturated heterocycles. The summed E-state index contributed by atoms with van der Waals surface area (Å²) >= 11 is 0. The predicted molar refractivity (Wildman–Crippen MR) is 30.7 cm³/mol. The molecule has 39 valence electrons. The van der Waals surface area contributed by atoms with Gasteiger partial charge in [0.15, 0.2) is 0 Å². The van der Waals surface area contributed by atoms with E-state index in [1.165, 1.54) is 0 Å². The summed E-state index contributed by atoms with van der Waals surface area (Å²) in [4.78, 5) is 9.91. The fourth-order valence-corrected chi connectivity index (χ4v) is 0.483. The zero-order valence-corrected chi connectivity index (χ0v) is 7.97. The molecular weight excluding hydrogens is 131 g/mol. The van der Waals surface area contributed by atoms with Crippen molar-refractivity contribution < 1.29 is 9.90 Å². The van der Waals surface area contributed by atoms with Crippen molar-refractivity contribution in [2.75, 3.05) is 0 Å². The topological polar surface area (TPSA) is 37.3 Å². The maximum absolute atomic E-state index is 9.91. The molecule has 0 aromatic carbocycles. The Bertz CT molecular complexity index is 128. The smallest absolute Gasteiger partial charge is 0.331 e. The van der Waals surface area contributed by atoms with Crippen LogP contribution in [0, 0.1) is 0 Å². The molecule has 1 N–H and O–H groups in total. The van der Waals surface area contributed by atoms with Crippen LogP contribution in [-0.4, -0.2) is 62.5 Å². The zero-order valence-electron chi connectivity index (χ0n) is 4.85. The second kappa shape index (κ2) is 3.79. The maximum atomic E-state index is 9.91. The van der Waals surface area contributed by atoms with Crippen molar-refractivity contribution in [1.29, 1.82) is 0 Å². The molecule has 2 nitrogen and oxygen atoms in total. The normalized spacial score (nSPS) is 15.2. The van der Waals surface area contributed by atoms with Crippen LogP contribution in [-0.2, 0) is 4.79 Å². The molecule has 0 aromatic heterocycles. The van der Waals surface area contributed by atoms with Gasteiger partial charge in [0, 0.05) is 57.0 Å². The monoisotopic (exact) mass is 137 g/mol. The van der Waals surface area contributed by atoms with Crippen LogP contribution in [0.15, 0.2) is 11.6 Å². The Labute approximate surface area is 90.4 Å². The molecule has 0 saturated carbocycles. The summed E-state index contributed by atoms with van der Waals surface area (Å²) in [6, 6.07) is 0. The average molecular weight is 137 g/mol. The molecule has 0 bridgehead atoms. The molecule has 0 heterocycles. The molecule has 0 spiro atoms. The Hall–Kier alpha value is 0.846. The molecular formula is C5H6KO2. The average Bonchev–Trinajstić information content (AvgIpc) is 1.23. The van der Waals surface area contributed by atoms with Gasteiger partial charge in [-0.05, 0) is 12.8 Å². The number of allylic oxidation sites excluding steroid dienone is 1. The van der Waals surface area contributed by atoms with Gasteiger partial charge in [0.25, 0.3) is 0 Å². The summed E-state index contributed by atoms with van der Waals surface area (Å²) in [6.45, 7) is 0. The Kier molecular flexibility index (Phi) is 4.19. The van der Waals surface area contributed by atoms with Gasteiger partial charge in [0.2, 0.25) is 0 Å². The molecule has 8 heavy (non-hydrogen) atoms. The van der Waals surface area contributed by atoms with E-state index in [9.17, 15) is 4.79 Å². The maximum Gasteiger partial charge on any atom is 0.331 e. The second-order valence-corrected chi connectivity index (χ2v) is 1.57. The molecule has 1 aliphatic carbocycles. The summed E-state index contributed by atoms with van der Waals surface area (Å²) in [7, 11) is 0. The third-order valence-electron chi connectivity index (χ3n) is 1.08. The second-order valence-electron chi connectivity index (χ2n) is 1.57. The van der Waals surface area contributed by atoms with Gasteiger partial charge in [-0.25, -0.2) is 4.79 Å². The summed E-state index contributed by atoms with van der Waals surface area (Å²) in [5.74, 6) is -0.758. The summed E-state index contributed by atoms with van der Waals surface area (Å²) < 4.78 is 0. The van der Waals surface area contributed by atoms with Crippen molar-refractivity contribution >= 4 is 57.4 Å². The largest absolute Gasteiger partial charge is 0.478 e. The van der Waals surface area contributed by atoms with Gasteiger partial charge in [-0.3, -0.25) is 0 Å². The van der Waals surface area contributed by atoms with Gasteiger partial charge in [0.1, 0.15) is 0 Å². The van der Waals surface area contributed by atoms with Crippen LogP contribution >= 0.6 is 0 Å². The number of carbonyl (C=O) groups is 1. The summed E-state index contributed by atoms with van der Waals surface area (Å²) in [5, 5.41) is 8.16. The van der Waals surface area contributed by atoms with E-state index in [0.29, 0.717) is 5.57 Å². The van der Waals surface area contributed by atoms with Crippen molar-refractivity contribution in [2.24, 2.45) is 0 Å². The van der Waals surface area contributed by atoms with E-state index in [-0.39, 0.29) is 51.4 Å². The van der Waals surface area contributed by atoms with Crippen LogP contribution in [0.25, 0.3) is 0 Å². The van der Waals surface area contributed by atoms with Gasteiger partial charge in [-0.15, -0.1) is 0 Å². The SMILES string of the molecule is O=C(O)C1=CCC1.[K]. The van der Waals surface area contributed by atoms with E-state index in [1.807, 2.05) is 0 Å². The quantitative estimate of drug-likeness (QED) is 0.531. The van der Waals surface area contributed by atoms with Crippen molar-refractivity contribution in [3.63, 3.8) is 0 Å². The Morgan fingerprint density at radius 2 is 2.25 bits per heavy atom. The fourth-order valence-electron chi connectivity index (χ4n) is 0.483. The molecule has 0 atom stereocenters. The predicted octanol–water partition coefficient (Wildman–Crippen LogP) is 0.410. The molecule has 0 aliphatic heterocycles. The summed E-state index contributed by atoms with van der Waals surface area (Å²) in [6.07, 6.45) is 3.44. The van der Waals surface area contributed by atoms with Crippen LogP contribution in [0.1, 0.15) is 12.8 Å². The van der Waals surface area contributed by atoms with Crippen molar-refractivity contribution in [3.05, 3.63) is 11.6 Å². The third-order valence-corrected chi connectivity index (χ3v) is 1.08. The first-order valence-electron chi connectivity index (χ1n) is 2.23. The molecule has 0 unspecified atom stereocenters. The standard InChI is InChI=1S/C5H6O2.K/c6-5(7)4-2-1-3-4;/h2H,1,3H2,(H,6,7);. The molecule has 1 radical (unpaired) electrons. The first-order chi connectivity index (χ1) is 3.30. The van der Waals surface area contributed by atoms with Crippen LogP contribution in [0.4, 0.5) is 0 Å². The zero-order chi connectivity index (χ0) is 5.28. The molecule has 0 aromatic rings. The van der Waals surface area contributed by atoms with Crippen LogP contribution < -0.4 is 0 Å². The van der Waals surface area contributed by atoms with E-state index in [1.54, 1.807) is 6.08 Å². The van der Waals surface area contributed by atoms with Crippen molar-refractivity contribution in [3.8, 4) is 0 Å². The van der Waals surface area contributed by atoms with E-state index in [4.69, 9.17) is 5.11 Å². The Morgan fingerprint density at radius 3 is 2.25 bits per heavy atom. The van der Waals surface area contributed by atoms with Crippen molar-refractivity contribution in [2.45, 2.75) is 12.8 Å². The number of aliphatic carboxylic acids is 1. The number of hydrogen-bond acceptors (Lipinski definition) is 1. The fraction of sp³-hybridized carbons (Fsp3) is 0.400. The minimum absolute atomic E-state index is 0. The first-order valence-corrected chi connectivity index (χ1v) is 2.23. The molecule has 1 aliphatic rings.